The lowest BCUT2D eigenvalue weighted by Crippen LogP contribution is -2.31. The Morgan fingerprint density at radius 2 is 0.783 bits per heavy atom. The zero-order chi connectivity index (χ0) is 32.6. The van der Waals surface area contributed by atoms with Crippen molar-refractivity contribution >= 4 is 5.78 Å². The van der Waals surface area contributed by atoms with Gasteiger partial charge in [-0.2, -0.15) is 0 Å². The van der Waals surface area contributed by atoms with Gasteiger partial charge in [-0.15, -0.1) is 0 Å². The van der Waals surface area contributed by atoms with Gasteiger partial charge < -0.3 is 0 Å². The molecule has 46 heavy (non-hydrogen) atoms. The smallest absolute Gasteiger partial charge is 0.132 e. The number of carbonyl (C=O) groups is 1. The summed E-state index contributed by atoms with van der Waals surface area (Å²) in [5.41, 5.74) is 0. The summed E-state index contributed by atoms with van der Waals surface area (Å²) in [7, 11) is 0. The molecule has 6 unspecified atom stereocenters. The molecule has 0 radical (unpaired) electrons. The van der Waals surface area contributed by atoms with E-state index in [0.717, 1.165) is 84.9 Å². The van der Waals surface area contributed by atoms with Crippen LogP contribution in [-0.2, 0) is 4.79 Å². The van der Waals surface area contributed by atoms with Crippen molar-refractivity contribution in [1.82, 2.24) is 0 Å². The summed E-state index contributed by atoms with van der Waals surface area (Å²) in [5, 5.41) is 0. The van der Waals surface area contributed by atoms with Gasteiger partial charge in [-0.05, 0) is 123 Å². The van der Waals surface area contributed by atoms with Gasteiger partial charge in [0.1, 0.15) is 5.78 Å². The summed E-state index contributed by atoms with van der Waals surface area (Å²) in [5.74, 6) is 10.6. The van der Waals surface area contributed by atoms with Gasteiger partial charge in [0.2, 0.25) is 0 Å². The van der Waals surface area contributed by atoms with Gasteiger partial charge in [-0.25, -0.2) is 0 Å². The molecule has 6 atom stereocenters. The summed E-state index contributed by atoms with van der Waals surface area (Å²) in [4.78, 5) is 12.6. The maximum atomic E-state index is 12.6. The molecule has 0 amide bonds. The first-order chi connectivity index (χ1) is 22.5. The first-order valence-corrected chi connectivity index (χ1v) is 22.0. The van der Waals surface area contributed by atoms with Crippen molar-refractivity contribution in [2.24, 2.45) is 59.2 Å². The molecule has 0 N–H and O–H groups in total. The average molecular weight is 639 g/mol. The molecule has 4 aliphatic carbocycles. The van der Waals surface area contributed by atoms with Crippen LogP contribution in [0, 0.1) is 59.2 Å². The van der Waals surface area contributed by atoms with Gasteiger partial charge in [0.15, 0.2) is 0 Å². The van der Waals surface area contributed by atoms with Crippen molar-refractivity contribution < 1.29 is 4.79 Å². The lowest BCUT2D eigenvalue weighted by molar-refractivity contribution is -0.119. The summed E-state index contributed by atoms with van der Waals surface area (Å²) in [6.07, 6.45) is 42.0. The Kier molecular flexibility index (Phi) is 18.1. The molecule has 0 spiro atoms. The van der Waals surface area contributed by atoms with Crippen LogP contribution in [0.4, 0.5) is 0 Å². The second kappa shape index (κ2) is 21.7. The molecule has 0 aliphatic heterocycles. The van der Waals surface area contributed by atoms with Crippen LogP contribution >= 0.6 is 0 Å². The largest absolute Gasteiger partial charge is 0.300 e. The van der Waals surface area contributed by atoms with Gasteiger partial charge in [-0.1, -0.05) is 143 Å². The maximum Gasteiger partial charge on any atom is 0.132 e. The summed E-state index contributed by atoms with van der Waals surface area (Å²) in [6.45, 7) is 9.85. The lowest BCUT2D eigenvalue weighted by atomic mass is 9.64. The highest BCUT2D eigenvalue weighted by Crippen LogP contribution is 2.47. The minimum absolute atomic E-state index is 0.561. The molecular formula is C45H82O. The van der Waals surface area contributed by atoms with Crippen molar-refractivity contribution in [2.75, 3.05) is 0 Å². The van der Waals surface area contributed by atoms with E-state index in [4.69, 9.17) is 0 Å². The third kappa shape index (κ3) is 13.2. The monoisotopic (exact) mass is 639 g/mol. The molecule has 0 aromatic rings. The molecule has 4 saturated carbocycles. The predicted octanol–water partition coefficient (Wildman–Crippen LogP) is 14.6. The third-order valence-electron chi connectivity index (χ3n) is 14.8. The van der Waals surface area contributed by atoms with E-state index in [9.17, 15) is 4.79 Å². The van der Waals surface area contributed by atoms with E-state index in [0.29, 0.717) is 5.78 Å². The molecule has 0 aromatic carbocycles. The second-order valence-electron chi connectivity index (χ2n) is 18.2. The molecule has 0 aromatic heterocycles. The highest BCUT2D eigenvalue weighted by atomic mass is 16.1. The molecule has 0 bridgehead atoms. The molecule has 4 aliphatic rings. The quantitative estimate of drug-likeness (QED) is 0.121. The predicted molar refractivity (Wildman–Crippen MR) is 201 cm³/mol. The number of hydrogen-bond donors (Lipinski definition) is 0. The van der Waals surface area contributed by atoms with Gasteiger partial charge in [0.05, 0.1) is 0 Å². The van der Waals surface area contributed by atoms with Crippen LogP contribution in [0.5, 0.6) is 0 Å². The summed E-state index contributed by atoms with van der Waals surface area (Å²) >= 11 is 0. The first-order valence-electron chi connectivity index (χ1n) is 22.0. The minimum Gasteiger partial charge on any atom is -0.300 e. The van der Waals surface area contributed by atoms with Crippen molar-refractivity contribution in [2.45, 2.75) is 220 Å². The van der Waals surface area contributed by atoms with Gasteiger partial charge in [0.25, 0.3) is 0 Å². The number of ketones is 1. The van der Waals surface area contributed by atoms with E-state index in [1.54, 1.807) is 0 Å². The summed E-state index contributed by atoms with van der Waals surface area (Å²) in [6, 6.07) is 0. The van der Waals surface area contributed by atoms with Crippen LogP contribution in [0.25, 0.3) is 0 Å². The van der Waals surface area contributed by atoms with Crippen LogP contribution in [0.15, 0.2) is 0 Å². The highest BCUT2D eigenvalue weighted by molar-refractivity contribution is 5.78. The Morgan fingerprint density at radius 1 is 0.435 bits per heavy atom. The maximum absolute atomic E-state index is 12.6. The fourth-order valence-electron chi connectivity index (χ4n) is 11.8. The molecule has 0 heterocycles. The molecule has 1 heteroatoms. The molecular weight excluding hydrogens is 556 g/mol. The van der Waals surface area contributed by atoms with E-state index in [-0.39, 0.29) is 0 Å². The topological polar surface area (TPSA) is 17.1 Å². The normalized spacial score (nSPS) is 35.7. The van der Waals surface area contributed by atoms with E-state index in [1.807, 2.05) is 0 Å². The zero-order valence-corrected chi connectivity index (χ0v) is 31.9. The van der Waals surface area contributed by atoms with Gasteiger partial charge in [-0.3, -0.25) is 4.79 Å². The van der Waals surface area contributed by atoms with E-state index < -0.39 is 0 Å². The van der Waals surface area contributed by atoms with Crippen LogP contribution in [0.1, 0.15) is 220 Å². The Hall–Kier alpha value is -0.330. The first kappa shape index (κ1) is 38.5. The summed E-state index contributed by atoms with van der Waals surface area (Å²) < 4.78 is 0. The number of unbranched alkanes of at least 4 members (excludes halogenated alkanes) is 6. The van der Waals surface area contributed by atoms with Crippen molar-refractivity contribution in [3.8, 4) is 0 Å². The molecule has 1 nitrogen and oxygen atoms in total. The van der Waals surface area contributed by atoms with E-state index in [2.05, 4.69) is 27.7 Å². The van der Waals surface area contributed by atoms with Gasteiger partial charge >= 0.3 is 0 Å². The number of hydrogen-bond acceptors (Lipinski definition) is 1. The fraction of sp³-hybridized carbons (Fsp3) is 0.978. The zero-order valence-electron chi connectivity index (χ0n) is 31.9. The number of rotatable bonds is 20. The van der Waals surface area contributed by atoms with Crippen LogP contribution < -0.4 is 0 Å². The van der Waals surface area contributed by atoms with Crippen LogP contribution in [0.3, 0.4) is 0 Å². The fourth-order valence-corrected chi connectivity index (χ4v) is 11.8. The number of carbonyl (C=O) groups excluding carboxylic acids is 1. The van der Waals surface area contributed by atoms with E-state index in [1.165, 1.54) is 167 Å². The molecule has 268 valence electrons. The van der Waals surface area contributed by atoms with Crippen molar-refractivity contribution in [3.05, 3.63) is 0 Å². The minimum atomic E-state index is 0.561. The van der Waals surface area contributed by atoms with Crippen LogP contribution in [0.2, 0.25) is 0 Å². The highest BCUT2D eigenvalue weighted by Gasteiger charge is 2.36. The van der Waals surface area contributed by atoms with Crippen LogP contribution in [-0.4, -0.2) is 5.78 Å². The standard InChI is InChI=1S/C45H82O/c1-5-7-9-17-39-25-31-44(35(3)33-39)41-27-21-37(22-28-41)15-11-13-19-43(46)20-14-12-16-38-23-29-42(30-24-38)45-32-26-40(34-36(45)4)18-10-8-6-2/h35-42,44-45H,5-34H2,1-4H3. The average Bonchev–Trinajstić information content (AvgIpc) is 3.06. The Morgan fingerprint density at radius 3 is 1.15 bits per heavy atom. The third-order valence-corrected chi connectivity index (χ3v) is 14.8. The lowest BCUT2D eigenvalue weighted by Gasteiger charge is -2.42. The van der Waals surface area contributed by atoms with Gasteiger partial charge in [0, 0.05) is 12.8 Å². The van der Waals surface area contributed by atoms with Crippen molar-refractivity contribution in [3.63, 3.8) is 0 Å². The Bertz CT molecular complexity index is 721. The number of Topliss-reactive ketones (excluding diaryl/α,β-unsaturated/α-hetero) is 1. The second-order valence-corrected chi connectivity index (χ2v) is 18.2. The Balaban J connectivity index is 0.965. The molecule has 4 rings (SSSR count). The molecule has 4 fully saturated rings. The van der Waals surface area contributed by atoms with E-state index >= 15 is 0 Å². The van der Waals surface area contributed by atoms with Crippen molar-refractivity contribution in [1.29, 1.82) is 0 Å². The SMILES string of the molecule is CCCCCC1CCC(C2CCC(CCCCC(=O)CCCCC3CCC(C4CCC(CCCCC)CC4C)CC3)CC2)C(C)C1. The molecule has 0 saturated heterocycles. The Labute approximate surface area is 289 Å².